The normalized spacial score (nSPS) is 16.8. The number of Topliss-reactive ketones (excluding diaryl/α,β-unsaturated/α-hetero) is 1. The van der Waals surface area contributed by atoms with Crippen LogP contribution in [0.2, 0.25) is 5.02 Å². The van der Waals surface area contributed by atoms with E-state index in [1.807, 2.05) is 24.3 Å². The summed E-state index contributed by atoms with van der Waals surface area (Å²) < 4.78 is 5.51. The summed E-state index contributed by atoms with van der Waals surface area (Å²) in [4.78, 5) is 16.4. The highest BCUT2D eigenvalue weighted by Crippen LogP contribution is 2.36. The van der Waals surface area contributed by atoms with Crippen molar-refractivity contribution in [2.75, 3.05) is 12.3 Å². The summed E-state index contributed by atoms with van der Waals surface area (Å²) in [5, 5.41) is 0.393. The number of fused-ring (bicyclic) bond motifs is 1. The van der Waals surface area contributed by atoms with Crippen molar-refractivity contribution < 1.29 is 9.53 Å². The minimum absolute atomic E-state index is 0.113. The van der Waals surface area contributed by atoms with Crippen molar-refractivity contribution in [1.82, 2.24) is 4.98 Å². The van der Waals surface area contributed by atoms with Gasteiger partial charge in [0.1, 0.15) is 18.2 Å². The predicted octanol–water partition coefficient (Wildman–Crippen LogP) is 2.68. The number of benzene rings is 1. The van der Waals surface area contributed by atoms with Crippen LogP contribution in [0.1, 0.15) is 21.8 Å². The van der Waals surface area contributed by atoms with Crippen LogP contribution in [0.25, 0.3) is 0 Å². The molecule has 1 unspecified atom stereocenters. The van der Waals surface area contributed by atoms with Crippen molar-refractivity contribution in [3.05, 3.63) is 52.7 Å². The highest BCUT2D eigenvalue weighted by atomic mass is 35.5. The molecule has 0 saturated heterocycles. The number of rotatable bonds is 2. The molecule has 1 aliphatic heterocycles. The maximum Gasteiger partial charge on any atom is 0.177 e. The molecule has 19 heavy (non-hydrogen) atoms. The summed E-state index contributed by atoms with van der Waals surface area (Å²) in [5.74, 6) is 0.476. The summed E-state index contributed by atoms with van der Waals surface area (Å²) in [6, 6.07) is 9.04. The Balaban J connectivity index is 2.00. The Morgan fingerprint density at radius 3 is 3.05 bits per heavy atom. The van der Waals surface area contributed by atoms with Crippen molar-refractivity contribution in [3.63, 3.8) is 0 Å². The Bertz CT molecular complexity index is 658. The van der Waals surface area contributed by atoms with Gasteiger partial charge in [0.05, 0.1) is 16.5 Å². The molecule has 2 N–H and O–H groups in total. The maximum atomic E-state index is 12.5. The molecular weight excluding hydrogens is 264 g/mol. The van der Waals surface area contributed by atoms with Gasteiger partial charge in [-0.1, -0.05) is 29.8 Å². The van der Waals surface area contributed by atoms with Crippen LogP contribution in [-0.2, 0) is 0 Å². The molecule has 0 saturated carbocycles. The van der Waals surface area contributed by atoms with Gasteiger partial charge in [-0.2, -0.15) is 0 Å². The average molecular weight is 275 g/mol. The number of nitrogen functional groups attached to an aromatic ring is 1. The zero-order valence-corrected chi connectivity index (χ0v) is 10.7. The number of halogens is 1. The lowest BCUT2D eigenvalue weighted by molar-refractivity contribution is 0.0948. The van der Waals surface area contributed by atoms with Crippen LogP contribution in [0.4, 0.5) is 5.82 Å². The number of carbonyl (C=O) groups is 1. The lowest BCUT2D eigenvalue weighted by Crippen LogP contribution is -2.16. The van der Waals surface area contributed by atoms with Crippen molar-refractivity contribution >= 4 is 23.2 Å². The fourth-order valence-electron chi connectivity index (χ4n) is 2.21. The van der Waals surface area contributed by atoms with Crippen molar-refractivity contribution in [2.24, 2.45) is 0 Å². The van der Waals surface area contributed by atoms with Crippen molar-refractivity contribution in [1.29, 1.82) is 0 Å². The number of nitrogens with two attached hydrogens (primary N) is 1. The number of anilines is 1. The molecule has 1 aliphatic rings. The Labute approximate surface area is 115 Å². The number of hydrogen-bond donors (Lipinski definition) is 1. The molecule has 1 aromatic heterocycles. The van der Waals surface area contributed by atoms with Gasteiger partial charge in [-0.3, -0.25) is 4.79 Å². The summed E-state index contributed by atoms with van der Waals surface area (Å²) in [5.41, 5.74) is 6.97. The van der Waals surface area contributed by atoms with Crippen LogP contribution in [0, 0.1) is 0 Å². The smallest absolute Gasteiger partial charge is 0.177 e. The number of ketones is 1. The molecule has 0 fully saturated rings. The molecule has 0 aliphatic carbocycles. The first-order valence-electron chi connectivity index (χ1n) is 5.84. The third kappa shape index (κ3) is 2.04. The summed E-state index contributed by atoms with van der Waals surface area (Å²) >= 11 is 5.87. The minimum atomic E-state index is -0.348. The highest BCUT2D eigenvalue weighted by molar-refractivity contribution is 6.31. The van der Waals surface area contributed by atoms with Crippen LogP contribution in [-0.4, -0.2) is 17.4 Å². The Kier molecular flexibility index (Phi) is 2.87. The third-order valence-corrected chi connectivity index (χ3v) is 3.37. The van der Waals surface area contributed by atoms with Gasteiger partial charge in [0.15, 0.2) is 5.78 Å². The fraction of sp³-hybridized carbons (Fsp3) is 0.143. The molecule has 0 radical (unpaired) electrons. The van der Waals surface area contributed by atoms with E-state index in [-0.39, 0.29) is 17.5 Å². The van der Waals surface area contributed by atoms with E-state index in [4.69, 9.17) is 22.1 Å². The summed E-state index contributed by atoms with van der Waals surface area (Å²) in [6.45, 7) is 0.324. The number of pyridine rings is 1. The predicted molar refractivity (Wildman–Crippen MR) is 72.7 cm³/mol. The fourth-order valence-corrected chi connectivity index (χ4v) is 2.37. The second kappa shape index (κ2) is 4.55. The molecule has 96 valence electrons. The summed E-state index contributed by atoms with van der Waals surface area (Å²) in [7, 11) is 0. The van der Waals surface area contributed by atoms with Gasteiger partial charge in [0.2, 0.25) is 0 Å². The summed E-state index contributed by atoms with van der Waals surface area (Å²) in [6.07, 6.45) is 1.42. The molecule has 0 bridgehead atoms. The Morgan fingerprint density at radius 1 is 1.42 bits per heavy atom. The zero-order valence-electron chi connectivity index (χ0n) is 9.97. The number of ether oxygens (including phenoxy) is 1. The van der Waals surface area contributed by atoms with Crippen LogP contribution < -0.4 is 10.5 Å². The molecular formula is C14H11ClN2O2. The topological polar surface area (TPSA) is 65.2 Å². The molecule has 4 nitrogen and oxygen atoms in total. The number of carbonyl (C=O) groups excluding carboxylic acids is 1. The van der Waals surface area contributed by atoms with Gasteiger partial charge in [-0.05, 0) is 12.1 Å². The number of aromatic nitrogens is 1. The standard InChI is InChI=1S/C14H11ClN2O2/c15-8-5-10(14(16)17-6-8)13(18)11-7-19-12-4-2-1-3-9(11)12/h1-6,11H,7H2,(H2,16,17). The SMILES string of the molecule is Nc1ncc(Cl)cc1C(=O)C1COc2ccccc21. The van der Waals surface area contributed by atoms with E-state index in [2.05, 4.69) is 4.98 Å². The number of hydrogen-bond acceptors (Lipinski definition) is 4. The lowest BCUT2D eigenvalue weighted by Gasteiger charge is -2.09. The van der Waals surface area contributed by atoms with E-state index in [1.165, 1.54) is 6.20 Å². The van der Waals surface area contributed by atoms with Gasteiger partial charge in [0, 0.05) is 11.8 Å². The molecule has 5 heteroatoms. The highest BCUT2D eigenvalue weighted by Gasteiger charge is 2.31. The molecule has 0 spiro atoms. The number of para-hydroxylation sites is 1. The van der Waals surface area contributed by atoms with E-state index in [9.17, 15) is 4.79 Å². The van der Waals surface area contributed by atoms with E-state index in [0.717, 1.165) is 11.3 Å². The molecule has 1 atom stereocenters. The van der Waals surface area contributed by atoms with Gasteiger partial charge in [0.25, 0.3) is 0 Å². The van der Waals surface area contributed by atoms with Crippen molar-refractivity contribution in [2.45, 2.75) is 5.92 Å². The quantitative estimate of drug-likeness (QED) is 0.855. The van der Waals surface area contributed by atoms with Gasteiger partial charge in [-0.25, -0.2) is 4.98 Å². The first-order chi connectivity index (χ1) is 9.16. The largest absolute Gasteiger partial charge is 0.492 e. The minimum Gasteiger partial charge on any atom is -0.492 e. The maximum absolute atomic E-state index is 12.5. The third-order valence-electron chi connectivity index (χ3n) is 3.17. The second-order valence-corrected chi connectivity index (χ2v) is 4.79. The monoisotopic (exact) mass is 274 g/mol. The number of nitrogens with zero attached hydrogens (tertiary/aromatic N) is 1. The van der Waals surface area contributed by atoms with Gasteiger partial charge >= 0.3 is 0 Å². The molecule has 3 rings (SSSR count). The zero-order chi connectivity index (χ0) is 13.4. The lowest BCUT2D eigenvalue weighted by atomic mass is 9.92. The van der Waals surface area contributed by atoms with E-state index < -0.39 is 0 Å². The van der Waals surface area contributed by atoms with E-state index >= 15 is 0 Å². The second-order valence-electron chi connectivity index (χ2n) is 4.35. The van der Waals surface area contributed by atoms with Crippen LogP contribution >= 0.6 is 11.6 Å². The molecule has 0 amide bonds. The van der Waals surface area contributed by atoms with Gasteiger partial charge in [-0.15, -0.1) is 0 Å². The van der Waals surface area contributed by atoms with Crippen LogP contribution in [0.3, 0.4) is 0 Å². The molecule has 2 heterocycles. The van der Waals surface area contributed by atoms with E-state index in [1.54, 1.807) is 6.07 Å². The first-order valence-corrected chi connectivity index (χ1v) is 6.21. The van der Waals surface area contributed by atoms with Gasteiger partial charge < -0.3 is 10.5 Å². The average Bonchev–Trinajstić information content (AvgIpc) is 2.84. The molecule has 2 aromatic rings. The Morgan fingerprint density at radius 2 is 2.21 bits per heavy atom. The first kappa shape index (κ1) is 12.0. The Hall–Kier alpha value is -2.07. The van der Waals surface area contributed by atoms with Crippen molar-refractivity contribution in [3.8, 4) is 5.75 Å². The van der Waals surface area contributed by atoms with Crippen LogP contribution in [0.15, 0.2) is 36.5 Å². The van der Waals surface area contributed by atoms with Crippen LogP contribution in [0.5, 0.6) is 5.75 Å². The van der Waals surface area contributed by atoms with E-state index in [0.29, 0.717) is 17.2 Å². The molecule has 1 aromatic carbocycles.